The van der Waals surface area contributed by atoms with Gasteiger partial charge in [0, 0.05) is 50.6 Å². The first-order valence-electron chi connectivity index (χ1n) is 9.80. The fraction of sp³-hybridized carbons (Fsp3) is 0.789. The van der Waals surface area contributed by atoms with E-state index in [2.05, 4.69) is 16.9 Å². The summed E-state index contributed by atoms with van der Waals surface area (Å²) in [7, 11) is 0. The van der Waals surface area contributed by atoms with Gasteiger partial charge >= 0.3 is 0 Å². The molecule has 0 bridgehead atoms. The van der Waals surface area contributed by atoms with Gasteiger partial charge in [-0.3, -0.25) is 9.48 Å². The molecular weight excluding hydrogens is 352 g/mol. The van der Waals surface area contributed by atoms with Crippen molar-refractivity contribution in [3.05, 3.63) is 18.5 Å². The van der Waals surface area contributed by atoms with Crippen LogP contribution < -0.4 is 5.73 Å². The van der Waals surface area contributed by atoms with Gasteiger partial charge in [-0.2, -0.15) is 5.10 Å². The average Bonchev–Trinajstić information content (AvgIpc) is 3.14. The van der Waals surface area contributed by atoms with Crippen molar-refractivity contribution in [2.75, 3.05) is 19.7 Å². The second-order valence-corrected chi connectivity index (χ2v) is 7.58. The van der Waals surface area contributed by atoms with Gasteiger partial charge in [0.1, 0.15) is 0 Å². The Bertz CT molecular complexity index is 532. The third-order valence-corrected chi connectivity index (χ3v) is 5.65. The number of ether oxygens (including phenoxy) is 1. The molecular formula is C19H33ClN4O2. The van der Waals surface area contributed by atoms with Crippen LogP contribution in [0.3, 0.4) is 0 Å². The predicted octanol–water partition coefficient (Wildman–Crippen LogP) is 2.47. The monoisotopic (exact) mass is 384 g/mol. The molecule has 6 nitrogen and oxygen atoms in total. The van der Waals surface area contributed by atoms with E-state index in [1.54, 1.807) is 0 Å². The summed E-state index contributed by atoms with van der Waals surface area (Å²) in [4.78, 5) is 14.9. The molecule has 2 fully saturated rings. The molecule has 1 saturated heterocycles. The van der Waals surface area contributed by atoms with Crippen molar-refractivity contribution >= 4 is 18.3 Å². The highest BCUT2D eigenvalue weighted by atomic mass is 35.5. The second-order valence-electron chi connectivity index (χ2n) is 7.58. The Kier molecular flexibility index (Phi) is 8.38. The molecule has 0 radical (unpaired) electrons. The number of nitrogens with two attached hydrogens (primary N) is 1. The van der Waals surface area contributed by atoms with Crippen LogP contribution in [0.25, 0.3) is 0 Å². The summed E-state index contributed by atoms with van der Waals surface area (Å²) in [6.45, 7) is 5.57. The first-order valence-corrected chi connectivity index (χ1v) is 9.80. The van der Waals surface area contributed by atoms with Gasteiger partial charge in [0.2, 0.25) is 5.91 Å². The third kappa shape index (κ3) is 5.44. The highest BCUT2D eigenvalue weighted by molar-refractivity contribution is 5.85. The van der Waals surface area contributed by atoms with Gasteiger partial charge < -0.3 is 15.4 Å². The Morgan fingerprint density at radius 2 is 2.04 bits per heavy atom. The van der Waals surface area contributed by atoms with Gasteiger partial charge in [-0.15, -0.1) is 12.4 Å². The number of carbonyl (C=O) groups excluding carboxylic acids is 1. The van der Waals surface area contributed by atoms with Crippen molar-refractivity contribution in [1.29, 1.82) is 0 Å². The molecule has 1 aliphatic carbocycles. The molecule has 1 aliphatic heterocycles. The van der Waals surface area contributed by atoms with E-state index in [9.17, 15) is 4.79 Å². The number of hydrogen-bond donors (Lipinski definition) is 1. The summed E-state index contributed by atoms with van der Waals surface area (Å²) in [5, 5.41) is 4.28. The van der Waals surface area contributed by atoms with Gasteiger partial charge in [0.15, 0.2) is 0 Å². The summed E-state index contributed by atoms with van der Waals surface area (Å²) in [6, 6.07) is 1.95. The molecule has 1 aromatic rings. The number of likely N-dealkylation sites (tertiary alicyclic amines) is 1. The smallest absolute Gasteiger partial charge is 0.225 e. The van der Waals surface area contributed by atoms with Crippen molar-refractivity contribution < 1.29 is 9.53 Å². The zero-order valence-corrected chi connectivity index (χ0v) is 16.6. The largest absolute Gasteiger partial charge is 0.377 e. The number of aromatic nitrogens is 2. The van der Waals surface area contributed by atoms with Crippen LogP contribution in [0.15, 0.2) is 18.5 Å². The molecule has 26 heavy (non-hydrogen) atoms. The SMILES string of the molecule is CCCO[C@@H]1CC[C@H](C(=O)N2CCC(Cn3cccn3)CC2)C[C@H]1N.Cl. The third-order valence-electron chi connectivity index (χ3n) is 5.65. The first-order chi connectivity index (χ1) is 12.2. The maximum absolute atomic E-state index is 12.9. The topological polar surface area (TPSA) is 73.4 Å². The summed E-state index contributed by atoms with van der Waals surface area (Å²) >= 11 is 0. The molecule has 2 N–H and O–H groups in total. The van der Waals surface area contributed by atoms with Crippen LogP contribution in [0.1, 0.15) is 45.4 Å². The van der Waals surface area contributed by atoms with Gasteiger partial charge in [-0.1, -0.05) is 6.92 Å². The van der Waals surface area contributed by atoms with E-state index in [1.165, 1.54) is 0 Å². The van der Waals surface area contributed by atoms with Crippen molar-refractivity contribution in [3.63, 3.8) is 0 Å². The lowest BCUT2D eigenvalue weighted by atomic mass is 9.82. The van der Waals surface area contributed by atoms with E-state index >= 15 is 0 Å². The van der Waals surface area contributed by atoms with E-state index in [0.717, 1.165) is 64.8 Å². The molecule has 0 spiro atoms. The number of rotatable bonds is 6. The van der Waals surface area contributed by atoms with Gasteiger partial charge in [0.25, 0.3) is 0 Å². The van der Waals surface area contributed by atoms with Crippen molar-refractivity contribution in [2.24, 2.45) is 17.6 Å². The molecule has 0 aromatic carbocycles. The molecule has 148 valence electrons. The highest BCUT2D eigenvalue weighted by Crippen LogP contribution is 2.29. The van der Waals surface area contributed by atoms with E-state index in [4.69, 9.17) is 10.5 Å². The lowest BCUT2D eigenvalue weighted by Crippen LogP contribution is -2.48. The minimum absolute atomic E-state index is 0. The fourth-order valence-corrected chi connectivity index (χ4v) is 4.15. The number of hydrogen-bond acceptors (Lipinski definition) is 4. The summed E-state index contributed by atoms with van der Waals surface area (Å²) < 4.78 is 7.82. The predicted molar refractivity (Wildman–Crippen MR) is 104 cm³/mol. The maximum atomic E-state index is 12.9. The lowest BCUT2D eigenvalue weighted by Gasteiger charge is -2.38. The fourth-order valence-electron chi connectivity index (χ4n) is 4.15. The number of carbonyl (C=O) groups is 1. The lowest BCUT2D eigenvalue weighted by molar-refractivity contribution is -0.139. The minimum atomic E-state index is -0.00777. The van der Waals surface area contributed by atoms with Crippen molar-refractivity contribution in [1.82, 2.24) is 14.7 Å². The zero-order valence-electron chi connectivity index (χ0n) is 15.8. The Hall–Kier alpha value is -1.11. The molecule has 2 aliphatic rings. The van der Waals surface area contributed by atoms with E-state index < -0.39 is 0 Å². The number of halogens is 1. The van der Waals surface area contributed by atoms with Crippen LogP contribution in [0.2, 0.25) is 0 Å². The maximum Gasteiger partial charge on any atom is 0.225 e. The minimum Gasteiger partial charge on any atom is -0.377 e. The van der Waals surface area contributed by atoms with Crippen LogP contribution >= 0.6 is 12.4 Å². The molecule has 1 saturated carbocycles. The van der Waals surface area contributed by atoms with Crippen LogP contribution in [-0.4, -0.2) is 52.4 Å². The zero-order chi connectivity index (χ0) is 17.6. The van der Waals surface area contributed by atoms with Gasteiger partial charge in [-0.05, 0) is 50.5 Å². The molecule has 0 unspecified atom stereocenters. The first kappa shape index (κ1) is 21.2. The average molecular weight is 385 g/mol. The van der Waals surface area contributed by atoms with Crippen LogP contribution in [-0.2, 0) is 16.1 Å². The normalized spacial score (nSPS) is 27.2. The highest BCUT2D eigenvalue weighted by Gasteiger charge is 2.35. The Labute approximate surface area is 162 Å². The molecule has 7 heteroatoms. The quantitative estimate of drug-likeness (QED) is 0.817. The Morgan fingerprint density at radius 1 is 1.27 bits per heavy atom. The molecule has 2 heterocycles. The number of amides is 1. The molecule has 3 atom stereocenters. The van der Waals surface area contributed by atoms with Gasteiger partial charge in [0.05, 0.1) is 6.10 Å². The van der Waals surface area contributed by atoms with Crippen LogP contribution in [0.4, 0.5) is 0 Å². The number of piperidine rings is 1. The second kappa shape index (κ2) is 10.3. The van der Waals surface area contributed by atoms with Crippen molar-refractivity contribution in [2.45, 2.75) is 64.1 Å². The van der Waals surface area contributed by atoms with Crippen molar-refractivity contribution in [3.8, 4) is 0 Å². The standard InChI is InChI=1S/C19H32N4O2.ClH/c1-2-12-25-18-5-4-16(13-17(18)20)19(24)22-10-6-15(7-11-22)14-23-9-3-8-21-23;/h3,8-9,15-18H,2,4-7,10-14,20H2,1H3;1H/t16-,17+,18+;/m0./s1. The summed E-state index contributed by atoms with van der Waals surface area (Å²) in [5.41, 5.74) is 6.27. The molecule has 1 aromatic heterocycles. The van der Waals surface area contributed by atoms with E-state index in [1.807, 2.05) is 23.1 Å². The molecule has 3 rings (SSSR count). The summed E-state index contributed by atoms with van der Waals surface area (Å²) in [6.07, 6.45) is 9.68. The Morgan fingerprint density at radius 3 is 2.65 bits per heavy atom. The van der Waals surface area contributed by atoms with E-state index in [-0.39, 0.29) is 30.5 Å². The molecule has 1 amide bonds. The van der Waals surface area contributed by atoms with E-state index in [0.29, 0.717) is 11.8 Å². The van der Waals surface area contributed by atoms with Crippen LogP contribution in [0, 0.1) is 11.8 Å². The number of nitrogens with zero attached hydrogens (tertiary/aromatic N) is 3. The summed E-state index contributed by atoms with van der Waals surface area (Å²) in [5.74, 6) is 1.01. The Balaban J connectivity index is 0.00000243. The van der Waals surface area contributed by atoms with Gasteiger partial charge in [-0.25, -0.2) is 0 Å². The van der Waals surface area contributed by atoms with Crippen LogP contribution in [0.5, 0.6) is 0 Å².